The molecule has 0 aromatic heterocycles. The Balaban J connectivity index is 2.02. The number of ketones is 1. The molecule has 0 spiro atoms. The normalized spacial score (nSPS) is 12.7. The first kappa shape index (κ1) is 26.4. The Hall–Kier alpha value is -2.20. The van der Waals surface area contributed by atoms with Gasteiger partial charge in [-0.1, -0.05) is 148 Å². The van der Waals surface area contributed by atoms with Crippen LogP contribution in [0.2, 0.25) is 0 Å². The van der Waals surface area contributed by atoms with Gasteiger partial charge in [0, 0.05) is 4.43 Å². The summed E-state index contributed by atoms with van der Waals surface area (Å²) in [5.41, 5.74) is 5.52. The molecule has 0 fully saturated rings. The predicted molar refractivity (Wildman–Crippen MR) is 154 cm³/mol. The zero-order valence-electron chi connectivity index (χ0n) is 21.1. The molecule has 3 aromatic rings. The zero-order chi connectivity index (χ0) is 24.8. The third-order valence-corrected chi connectivity index (χ3v) is 7.14. The van der Waals surface area contributed by atoms with Crippen LogP contribution in [0.5, 0.6) is 0 Å². The van der Waals surface area contributed by atoms with E-state index in [4.69, 9.17) is 0 Å². The van der Waals surface area contributed by atoms with Crippen molar-refractivity contribution in [1.82, 2.24) is 0 Å². The molecule has 0 aliphatic rings. The number of hydrogen-bond acceptors (Lipinski definition) is 1. The van der Waals surface area contributed by atoms with Crippen LogP contribution in [-0.4, -0.2) is 10.2 Å². The second kappa shape index (κ2) is 11.5. The van der Waals surface area contributed by atoms with Crippen LogP contribution in [0.15, 0.2) is 96.6 Å². The van der Waals surface area contributed by atoms with Gasteiger partial charge in [0.25, 0.3) is 0 Å². The molecule has 1 nitrogen and oxygen atoms in total. The van der Waals surface area contributed by atoms with Gasteiger partial charge in [0.2, 0.25) is 0 Å². The number of halogens is 1. The largest absolute Gasteiger partial charge is 0.293 e. The molecule has 0 aliphatic carbocycles. The Morgan fingerprint density at radius 3 is 1.74 bits per heavy atom. The third kappa shape index (κ3) is 6.69. The molecular formula is C32H37IO. The van der Waals surface area contributed by atoms with Gasteiger partial charge in [0.05, 0.1) is 5.92 Å². The van der Waals surface area contributed by atoms with Crippen molar-refractivity contribution in [3.05, 3.63) is 119 Å². The summed E-state index contributed by atoms with van der Waals surface area (Å²) in [5, 5.41) is 0. The summed E-state index contributed by atoms with van der Waals surface area (Å²) in [4.78, 5) is 14.3. The molecule has 3 rings (SSSR count). The van der Waals surface area contributed by atoms with Gasteiger partial charge >= 0.3 is 0 Å². The predicted octanol–water partition coefficient (Wildman–Crippen LogP) is 8.71. The van der Waals surface area contributed by atoms with E-state index in [9.17, 15) is 4.79 Å². The zero-order valence-corrected chi connectivity index (χ0v) is 23.3. The van der Waals surface area contributed by atoms with Crippen LogP contribution in [0.1, 0.15) is 69.2 Å². The van der Waals surface area contributed by atoms with Gasteiger partial charge in [-0.15, -0.1) is 0 Å². The van der Waals surface area contributed by atoms with Crippen LogP contribution in [0.4, 0.5) is 0 Å². The van der Waals surface area contributed by atoms with Crippen LogP contribution in [0, 0.1) is 5.41 Å². The fourth-order valence-electron chi connectivity index (χ4n) is 4.38. The van der Waals surface area contributed by atoms with Gasteiger partial charge < -0.3 is 0 Å². The molecule has 0 radical (unpaired) electrons. The lowest BCUT2D eigenvalue weighted by Gasteiger charge is -2.30. The number of benzene rings is 3. The second-order valence-electron chi connectivity index (χ2n) is 10.7. The van der Waals surface area contributed by atoms with E-state index in [0.29, 0.717) is 0 Å². The number of alkyl halides is 1. The van der Waals surface area contributed by atoms with E-state index in [0.717, 1.165) is 34.0 Å². The quantitative estimate of drug-likeness (QED) is 0.144. The number of Topliss-reactive ketones (excluding diaryl/α,β-unsaturated/α-hetero) is 1. The summed E-state index contributed by atoms with van der Waals surface area (Å²) in [6.07, 6.45) is 3.91. The molecule has 3 aromatic carbocycles. The first-order valence-electron chi connectivity index (χ1n) is 12.1. The monoisotopic (exact) mass is 564 g/mol. The lowest BCUT2D eigenvalue weighted by molar-refractivity contribution is -0.117. The van der Waals surface area contributed by atoms with Crippen LogP contribution < -0.4 is 0 Å². The molecule has 0 N–H and O–H groups in total. The molecule has 34 heavy (non-hydrogen) atoms. The number of rotatable bonds is 9. The molecule has 2 heteroatoms. The van der Waals surface area contributed by atoms with E-state index >= 15 is 0 Å². The molecule has 0 heterocycles. The van der Waals surface area contributed by atoms with Crippen LogP contribution >= 0.6 is 22.6 Å². The van der Waals surface area contributed by atoms with Gasteiger partial charge in [-0.05, 0) is 51.5 Å². The highest BCUT2D eigenvalue weighted by molar-refractivity contribution is 14.1. The summed E-state index contributed by atoms with van der Waals surface area (Å²) >= 11 is 2.42. The summed E-state index contributed by atoms with van der Waals surface area (Å²) in [6, 6.07) is 29.2. The lowest BCUT2D eigenvalue weighted by Crippen LogP contribution is -2.27. The number of carbonyl (C=O) groups is 1. The Morgan fingerprint density at radius 2 is 1.29 bits per heavy atom. The minimum Gasteiger partial charge on any atom is -0.293 e. The van der Waals surface area contributed by atoms with E-state index in [1.54, 1.807) is 0 Å². The SMILES string of the molecule is CC(C)(CCI)/C(=C\Cc1ccc(C(C)(C)C)cc1)C(=O)C(c1ccccc1)c1ccccc1. The van der Waals surface area contributed by atoms with Crippen molar-refractivity contribution in [2.75, 3.05) is 4.43 Å². The molecule has 178 valence electrons. The minimum absolute atomic E-state index is 0.135. The molecule has 0 saturated carbocycles. The van der Waals surface area contributed by atoms with Crippen LogP contribution in [0.3, 0.4) is 0 Å². The first-order valence-corrected chi connectivity index (χ1v) is 13.7. The Morgan fingerprint density at radius 1 is 0.794 bits per heavy atom. The Bertz CT molecular complexity index is 1050. The molecule has 0 unspecified atom stereocenters. The maximum absolute atomic E-state index is 14.3. The van der Waals surface area contributed by atoms with Crippen molar-refractivity contribution in [2.24, 2.45) is 5.41 Å². The van der Waals surface area contributed by atoms with Gasteiger partial charge in [0.1, 0.15) is 0 Å². The van der Waals surface area contributed by atoms with Gasteiger partial charge in [-0.2, -0.15) is 0 Å². The molecule has 0 atom stereocenters. The second-order valence-corrected chi connectivity index (χ2v) is 11.8. The fourth-order valence-corrected chi connectivity index (χ4v) is 5.73. The van der Waals surface area contributed by atoms with Crippen molar-refractivity contribution in [3.8, 4) is 0 Å². The van der Waals surface area contributed by atoms with E-state index < -0.39 is 0 Å². The highest BCUT2D eigenvalue weighted by Gasteiger charge is 2.33. The third-order valence-electron chi connectivity index (χ3n) is 6.60. The van der Waals surface area contributed by atoms with Crippen molar-refractivity contribution >= 4 is 28.4 Å². The van der Waals surface area contributed by atoms with Gasteiger partial charge in [-0.3, -0.25) is 4.79 Å². The summed E-state index contributed by atoms with van der Waals surface area (Å²) < 4.78 is 1.01. The average molecular weight is 565 g/mol. The molecule has 0 bridgehead atoms. The minimum atomic E-state index is -0.301. The van der Waals surface area contributed by atoms with E-state index in [1.165, 1.54) is 11.1 Å². The van der Waals surface area contributed by atoms with Crippen molar-refractivity contribution in [3.63, 3.8) is 0 Å². The number of allylic oxidation sites excluding steroid dienone is 2. The van der Waals surface area contributed by atoms with E-state index in [-0.39, 0.29) is 22.5 Å². The Kier molecular flexibility index (Phi) is 8.92. The topological polar surface area (TPSA) is 17.1 Å². The maximum atomic E-state index is 14.3. The van der Waals surface area contributed by atoms with E-state index in [1.807, 2.05) is 36.4 Å². The van der Waals surface area contributed by atoms with Crippen LogP contribution in [0.25, 0.3) is 0 Å². The van der Waals surface area contributed by atoms with Gasteiger partial charge in [-0.25, -0.2) is 0 Å². The average Bonchev–Trinajstić information content (AvgIpc) is 2.80. The first-order chi connectivity index (χ1) is 16.1. The van der Waals surface area contributed by atoms with Crippen LogP contribution in [-0.2, 0) is 16.6 Å². The van der Waals surface area contributed by atoms with E-state index in [2.05, 4.69) is 112 Å². The molecule has 0 saturated heterocycles. The van der Waals surface area contributed by atoms with Crippen molar-refractivity contribution in [1.29, 1.82) is 0 Å². The standard InChI is InChI=1S/C32H37IO/c1-31(2,3)27-19-16-24(17-20-27)18-21-28(32(4,5)22-23-33)30(34)29(25-12-8-6-9-13-25)26-14-10-7-11-15-26/h6-17,19-21,29H,18,22-23H2,1-5H3/b28-21-. The Labute approximate surface area is 219 Å². The van der Waals surface area contributed by atoms with Crippen molar-refractivity contribution < 1.29 is 4.79 Å². The number of hydrogen-bond donors (Lipinski definition) is 0. The summed E-state index contributed by atoms with van der Waals surface area (Å²) in [6.45, 7) is 11.1. The molecule has 0 aliphatic heterocycles. The van der Waals surface area contributed by atoms with Gasteiger partial charge in [0.15, 0.2) is 5.78 Å². The molecule has 0 amide bonds. The fraction of sp³-hybridized carbons (Fsp3) is 0.344. The lowest BCUT2D eigenvalue weighted by atomic mass is 9.73. The maximum Gasteiger partial charge on any atom is 0.170 e. The summed E-state index contributed by atoms with van der Waals surface area (Å²) in [5.74, 6) is -0.0936. The number of carbonyl (C=O) groups excluding carboxylic acids is 1. The summed E-state index contributed by atoms with van der Waals surface area (Å²) in [7, 11) is 0. The highest BCUT2D eigenvalue weighted by Crippen LogP contribution is 2.38. The highest BCUT2D eigenvalue weighted by atomic mass is 127. The molecular weight excluding hydrogens is 527 g/mol. The smallest absolute Gasteiger partial charge is 0.170 e. The van der Waals surface area contributed by atoms with Crippen molar-refractivity contribution in [2.45, 2.75) is 58.8 Å².